The SMILES string of the molecule is Cc1cnc(-c2ncn3c2[C@@H]2CCCN2C(=O)c2c(Cl)cccc2-3)o1. The van der Waals surface area contributed by atoms with Crippen molar-refractivity contribution in [3.8, 4) is 17.3 Å². The van der Waals surface area contributed by atoms with E-state index in [0.717, 1.165) is 30.0 Å². The Morgan fingerprint density at radius 2 is 2.20 bits per heavy atom. The van der Waals surface area contributed by atoms with Gasteiger partial charge in [-0.1, -0.05) is 17.7 Å². The predicted molar refractivity (Wildman–Crippen MR) is 91.8 cm³/mol. The van der Waals surface area contributed by atoms with E-state index in [0.29, 0.717) is 28.7 Å². The van der Waals surface area contributed by atoms with Crippen LogP contribution in [-0.2, 0) is 0 Å². The van der Waals surface area contributed by atoms with Crippen LogP contribution in [0.2, 0.25) is 5.02 Å². The minimum absolute atomic E-state index is 0.0265. The van der Waals surface area contributed by atoms with E-state index < -0.39 is 0 Å². The van der Waals surface area contributed by atoms with Crippen LogP contribution in [0, 0.1) is 6.92 Å². The number of hydrogen-bond acceptors (Lipinski definition) is 4. The first-order chi connectivity index (χ1) is 12.1. The van der Waals surface area contributed by atoms with E-state index in [1.807, 2.05) is 28.5 Å². The highest BCUT2D eigenvalue weighted by molar-refractivity contribution is 6.34. The highest BCUT2D eigenvalue weighted by atomic mass is 35.5. The lowest BCUT2D eigenvalue weighted by atomic mass is 10.1. The van der Waals surface area contributed by atoms with E-state index in [-0.39, 0.29) is 11.9 Å². The average molecular weight is 355 g/mol. The van der Waals surface area contributed by atoms with Crippen molar-refractivity contribution in [2.24, 2.45) is 0 Å². The third-order valence-corrected chi connectivity index (χ3v) is 5.24. The van der Waals surface area contributed by atoms with E-state index in [9.17, 15) is 4.79 Å². The third kappa shape index (κ3) is 2.00. The molecule has 0 saturated carbocycles. The summed E-state index contributed by atoms with van der Waals surface area (Å²) in [5.74, 6) is 1.19. The van der Waals surface area contributed by atoms with Crippen molar-refractivity contribution in [3.63, 3.8) is 0 Å². The van der Waals surface area contributed by atoms with Gasteiger partial charge in [-0.3, -0.25) is 9.36 Å². The zero-order valence-corrected chi connectivity index (χ0v) is 14.3. The maximum absolute atomic E-state index is 13.1. The Labute approximate surface area is 149 Å². The Kier molecular flexibility index (Phi) is 3.06. The lowest BCUT2D eigenvalue weighted by Gasteiger charge is -2.22. The summed E-state index contributed by atoms with van der Waals surface area (Å²) in [5.41, 5.74) is 2.91. The Bertz CT molecular complexity index is 1010. The van der Waals surface area contributed by atoms with Gasteiger partial charge >= 0.3 is 0 Å². The van der Waals surface area contributed by atoms with Crippen LogP contribution in [0.4, 0.5) is 0 Å². The molecule has 1 saturated heterocycles. The fraction of sp³-hybridized carbons (Fsp3) is 0.278. The van der Waals surface area contributed by atoms with Gasteiger partial charge in [0.2, 0.25) is 5.89 Å². The first kappa shape index (κ1) is 14.7. The van der Waals surface area contributed by atoms with Crippen LogP contribution < -0.4 is 0 Å². The van der Waals surface area contributed by atoms with Gasteiger partial charge in [0.15, 0.2) is 0 Å². The van der Waals surface area contributed by atoms with Gasteiger partial charge in [0.05, 0.1) is 34.2 Å². The summed E-state index contributed by atoms with van der Waals surface area (Å²) >= 11 is 6.38. The topological polar surface area (TPSA) is 64.2 Å². The van der Waals surface area contributed by atoms with Crippen molar-refractivity contribution >= 4 is 17.5 Å². The van der Waals surface area contributed by atoms with Crippen LogP contribution in [-0.4, -0.2) is 31.9 Å². The summed E-state index contributed by atoms with van der Waals surface area (Å²) in [6, 6.07) is 5.45. The molecule has 0 bridgehead atoms. The van der Waals surface area contributed by atoms with Crippen LogP contribution in [0.1, 0.15) is 40.7 Å². The highest BCUT2D eigenvalue weighted by Gasteiger charge is 2.40. The number of oxazole rings is 1. The third-order valence-electron chi connectivity index (χ3n) is 4.92. The monoisotopic (exact) mass is 354 g/mol. The van der Waals surface area contributed by atoms with Crippen LogP contribution in [0.3, 0.4) is 0 Å². The van der Waals surface area contributed by atoms with E-state index in [4.69, 9.17) is 16.0 Å². The van der Waals surface area contributed by atoms with E-state index >= 15 is 0 Å². The van der Waals surface area contributed by atoms with Crippen molar-refractivity contribution in [3.05, 3.63) is 52.8 Å². The standard InChI is InChI=1S/C18H15ClN4O2/c1-10-8-20-17(25-10)15-16-13-6-3-7-22(13)18(24)14-11(19)4-2-5-12(14)23(16)9-21-15/h2,4-5,8-9,13H,3,6-7H2,1H3/t13-/m0/s1. The summed E-state index contributed by atoms with van der Waals surface area (Å²) in [4.78, 5) is 23.9. The van der Waals surface area contributed by atoms with Crippen molar-refractivity contribution < 1.29 is 9.21 Å². The summed E-state index contributed by atoms with van der Waals surface area (Å²) in [5, 5.41) is 0.461. The Hall–Kier alpha value is -2.60. The lowest BCUT2D eigenvalue weighted by Crippen LogP contribution is -2.29. The van der Waals surface area contributed by atoms with Crippen LogP contribution >= 0.6 is 11.6 Å². The average Bonchev–Trinajstić information content (AvgIpc) is 3.30. The summed E-state index contributed by atoms with van der Waals surface area (Å²) in [7, 11) is 0. The summed E-state index contributed by atoms with van der Waals surface area (Å²) in [6.45, 7) is 2.56. The molecule has 0 radical (unpaired) electrons. The molecule has 25 heavy (non-hydrogen) atoms. The van der Waals surface area contributed by atoms with E-state index in [1.54, 1.807) is 18.6 Å². The molecule has 126 valence electrons. The summed E-state index contributed by atoms with van der Waals surface area (Å²) < 4.78 is 7.67. The first-order valence-electron chi connectivity index (χ1n) is 8.25. The number of fused-ring (bicyclic) bond motifs is 5. The molecule has 4 heterocycles. The number of hydrogen-bond donors (Lipinski definition) is 0. The molecule has 0 unspecified atom stereocenters. The fourth-order valence-electron chi connectivity index (χ4n) is 3.86. The van der Waals surface area contributed by atoms with Crippen molar-refractivity contribution in [1.29, 1.82) is 0 Å². The molecule has 0 N–H and O–H groups in total. The highest BCUT2D eigenvalue weighted by Crippen LogP contribution is 2.43. The van der Waals surface area contributed by atoms with Crippen molar-refractivity contribution in [2.75, 3.05) is 6.54 Å². The van der Waals surface area contributed by atoms with Crippen LogP contribution in [0.25, 0.3) is 17.3 Å². The maximum atomic E-state index is 13.1. The molecule has 1 amide bonds. The molecule has 1 atom stereocenters. The Balaban J connectivity index is 1.82. The second kappa shape index (κ2) is 5.20. The largest absolute Gasteiger partial charge is 0.440 e. The van der Waals surface area contributed by atoms with Gasteiger partial charge in [-0.25, -0.2) is 9.97 Å². The Morgan fingerprint density at radius 1 is 1.32 bits per heavy atom. The van der Waals surface area contributed by atoms with Gasteiger partial charge in [0.25, 0.3) is 5.91 Å². The van der Waals surface area contributed by atoms with Gasteiger partial charge in [-0.2, -0.15) is 0 Å². The fourth-order valence-corrected chi connectivity index (χ4v) is 4.11. The molecule has 5 rings (SSSR count). The molecular weight excluding hydrogens is 340 g/mol. The quantitative estimate of drug-likeness (QED) is 0.667. The number of aryl methyl sites for hydroxylation is 1. The summed E-state index contributed by atoms with van der Waals surface area (Å²) in [6.07, 6.45) is 5.25. The van der Waals surface area contributed by atoms with Gasteiger partial charge < -0.3 is 9.32 Å². The normalized spacial score (nSPS) is 18.7. The number of aromatic nitrogens is 3. The van der Waals surface area contributed by atoms with Crippen LogP contribution in [0.5, 0.6) is 0 Å². The Morgan fingerprint density at radius 3 is 3.00 bits per heavy atom. The van der Waals surface area contributed by atoms with E-state index in [1.165, 1.54) is 0 Å². The minimum Gasteiger partial charge on any atom is -0.440 e. The number of imidazole rings is 1. The van der Waals surface area contributed by atoms with Crippen molar-refractivity contribution in [2.45, 2.75) is 25.8 Å². The number of rotatable bonds is 1. The van der Waals surface area contributed by atoms with Crippen LogP contribution in [0.15, 0.2) is 35.1 Å². The second-order valence-electron chi connectivity index (χ2n) is 6.42. The molecule has 0 spiro atoms. The number of benzene rings is 1. The van der Waals surface area contributed by atoms with Gasteiger partial charge in [0.1, 0.15) is 17.8 Å². The number of carbonyl (C=O) groups is 1. The number of amides is 1. The number of carbonyl (C=O) groups excluding carboxylic acids is 1. The number of halogens is 1. The molecule has 1 aromatic carbocycles. The van der Waals surface area contributed by atoms with Gasteiger partial charge in [0, 0.05) is 6.54 Å². The molecule has 7 heteroatoms. The van der Waals surface area contributed by atoms with Gasteiger partial charge in [-0.15, -0.1) is 0 Å². The van der Waals surface area contributed by atoms with E-state index in [2.05, 4.69) is 9.97 Å². The molecule has 6 nitrogen and oxygen atoms in total. The molecule has 3 aromatic rings. The zero-order chi connectivity index (χ0) is 17.1. The van der Waals surface area contributed by atoms with Gasteiger partial charge in [-0.05, 0) is 31.9 Å². The number of nitrogens with zero attached hydrogens (tertiary/aromatic N) is 4. The first-order valence-corrected chi connectivity index (χ1v) is 8.63. The predicted octanol–water partition coefficient (Wildman–Crippen LogP) is 3.78. The molecule has 1 fully saturated rings. The molecule has 2 aliphatic heterocycles. The molecule has 2 aromatic heterocycles. The molecule has 2 aliphatic rings. The maximum Gasteiger partial charge on any atom is 0.258 e. The smallest absolute Gasteiger partial charge is 0.258 e. The molecule has 0 aliphatic carbocycles. The molecular formula is C18H15ClN4O2. The van der Waals surface area contributed by atoms with Crippen molar-refractivity contribution in [1.82, 2.24) is 19.4 Å². The zero-order valence-electron chi connectivity index (χ0n) is 13.6. The second-order valence-corrected chi connectivity index (χ2v) is 6.82. The lowest BCUT2D eigenvalue weighted by molar-refractivity contribution is 0.0739. The minimum atomic E-state index is -0.0549.